The topological polar surface area (TPSA) is 9.23 Å². The molecule has 3 atom stereocenters. The standard InChI is InChI=1S/C10H11BrCl2OS/c1-5-2-6(4-14-5)9(13)8-3-7(12)10(11)15-8/h3,5-6,9H,2,4H2,1H3. The van der Waals surface area contributed by atoms with Crippen LogP contribution in [0.25, 0.3) is 0 Å². The normalized spacial score (nSPS) is 28.3. The Hall–Kier alpha value is 0.720. The molecule has 0 spiro atoms. The van der Waals surface area contributed by atoms with E-state index < -0.39 is 0 Å². The van der Waals surface area contributed by atoms with Gasteiger partial charge in [-0.25, -0.2) is 0 Å². The summed E-state index contributed by atoms with van der Waals surface area (Å²) in [5.74, 6) is 0.406. The zero-order valence-corrected chi connectivity index (χ0v) is 12.1. The Morgan fingerprint density at radius 3 is 2.87 bits per heavy atom. The van der Waals surface area contributed by atoms with E-state index in [9.17, 15) is 0 Å². The molecule has 0 N–H and O–H groups in total. The van der Waals surface area contributed by atoms with Gasteiger partial charge in [0.05, 0.1) is 26.9 Å². The molecule has 0 aliphatic carbocycles. The van der Waals surface area contributed by atoms with E-state index in [0.29, 0.717) is 12.0 Å². The summed E-state index contributed by atoms with van der Waals surface area (Å²) in [6.45, 7) is 2.84. The summed E-state index contributed by atoms with van der Waals surface area (Å²) >= 11 is 17.4. The summed E-state index contributed by atoms with van der Waals surface area (Å²) in [5, 5.41) is 0.761. The van der Waals surface area contributed by atoms with Crippen LogP contribution in [0.2, 0.25) is 5.02 Å². The highest BCUT2D eigenvalue weighted by atomic mass is 79.9. The number of thiophene rings is 1. The second kappa shape index (κ2) is 4.92. The van der Waals surface area contributed by atoms with Crippen molar-refractivity contribution >= 4 is 50.5 Å². The van der Waals surface area contributed by atoms with Crippen LogP contribution in [-0.4, -0.2) is 12.7 Å². The Bertz CT molecular complexity index is 336. The molecule has 1 nitrogen and oxygen atoms in total. The molecule has 1 aromatic heterocycles. The summed E-state index contributed by atoms with van der Waals surface area (Å²) in [6.07, 6.45) is 1.36. The highest BCUT2D eigenvalue weighted by Gasteiger charge is 2.30. The van der Waals surface area contributed by atoms with Crippen molar-refractivity contribution in [1.29, 1.82) is 0 Å². The fourth-order valence-corrected chi connectivity index (χ4v) is 3.98. The highest BCUT2D eigenvalue weighted by molar-refractivity contribution is 9.11. The van der Waals surface area contributed by atoms with Crippen LogP contribution < -0.4 is 0 Å². The van der Waals surface area contributed by atoms with Crippen LogP contribution in [0, 0.1) is 5.92 Å². The summed E-state index contributed by atoms with van der Waals surface area (Å²) in [5.41, 5.74) is 0. The lowest BCUT2D eigenvalue weighted by atomic mass is 10.0. The highest BCUT2D eigenvalue weighted by Crippen LogP contribution is 2.43. The van der Waals surface area contributed by atoms with E-state index in [2.05, 4.69) is 22.9 Å². The fourth-order valence-electron chi connectivity index (χ4n) is 1.79. The average molecular weight is 330 g/mol. The van der Waals surface area contributed by atoms with Crippen molar-refractivity contribution in [2.45, 2.75) is 24.8 Å². The molecule has 0 saturated carbocycles. The van der Waals surface area contributed by atoms with Gasteiger partial charge in [-0.3, -0.25) is 0 Å². The first-order valence-electron chi connectivity index (χ1n) is 4.78. The van der Waals surface area contributed by atoms with Gasteiger partial charge < -0.3 is 4.74 Å². The van der Waals surface area contributed by atoms with E-state index >= 15 is 0 Å². The minimum absolute atomic E-state index is 0.0174. The molecular formula is C10H11BrCl2OS. The third-order valence-corrected chi connectivity index (χ3v) is 5.86. The average Bonchev–Trinajstić information content (AvgIpc) is 2.74. The predicted octanol–water partition coefficient (Wildman–Crippen LogP) is 4.87. The van der Waals surface area contributed by atoms with Crippen LogP contribution >= 0.6 is 50.5 Å². The van der Waals surface area contributed by atoms with Crippen molar-refractivity contribution in [3.63, 3.8) is 0 Å². The Balaban J connectivity index is 2.10. The number of alkyl halides is 1. The van der Waals surface area contributed by atoms with Crippen molar-refractivity contribution in [2.24, 2.45) is 5.92 Å². The first-order valence-corrected chi connectivity index (χ1v) is 7.20. The molecule has 0 amide bonds. The molecule has 1 fully saturated rings. The van der Waals surface area contributed by atoms with E-state index in [1.807, 2.05) is 6.07 Å². The first kappa shape index (κ1) is 12.2. The maximum Gasteiger partial charge on any atom is 0.0887 e. The minimum atomic E-state index is 0.0174. The molecule has 2 rings (SSSR count). The van der Waals surface area contributed by atoms with Gasteiger partial charge in [0.25, 0.3) is 0 Å². The zero-order chi connectivity index (χ0) is 11.0. The molecule has 0 aromatic carbocycles. The molecule has 84 valence electrons. The second-order valence-corrected chi connectivity index (χ2v) is 7.09. The summed E-state index contributed by atoms with van der Waals surface area (Å²) < 4.78 is 6.48. The molecule has 1 saturated heterocycles. The van der Waals surface area contributed by atoms with Gasteiger partial charge in [0.1, 0.15) is 0 Å². The number of hydrogen-bond acceptors (Lipinski definition) is 2. The lowest BCUT2D eigenvalue weighted by Gasteiger charge is -2.13. The Morgan fingerprint density at radius 2 is 2.40 bits per heavy atom. The largest absolute Gasteiger partial charge is 0.378 e. The zero-order valence-electron chi connectivity index (χ0n) is 8.17. The Labute approximate surface area is 112 Å². The van der Waals surface area contributed by atoms with E-state index in [1.54, 1.807) is 11.3 Å². The Kier molecular flexibility index (Phi) is 4.00. The quantitative estimate of drug-likeness (QED) is 0.703. The van der Waals surface area contributed by atoms with E-state index in [-0.39, 0.29) is 5.38 Å². The molecule has 5 heteroatoms. The van der Waals surface area contributed by atoms with E-state index in [0.717, 1.165) is 26.7 Å². The van der Waals surface area contributed by atoms with Gasteiger partial charge >= 0.3 is 0 Å². The van der Waals surface area contributed by atoms with Gasteiger partial charge in [-0.05, 0) is 35.3 Å². The van der Waals surface area contributed by atoms with Gasteiger partial charge in [0.2, 0.25) is 0 Å². The van der Waals surface area contributed by atoms with Crippen molar-refractivity contribution in [3.8, 4) is 0 Å². The molecule has 2 heterocycles. The predicted molar refractivity (Wildman–Crippen MR) is 69.1 cm³/mol. The van der Waals surface area contributed by atoms with Gasteiger partial charge in [0.15, 0.2) is 0 Å². The molecule has 0 bridgehead atoms. The number of hydrogen-bond donors (Lipinski definition) is 0. The van der Waals surface area contributed by atoms with Crippen LogP contribution in [0.5, 0.6) is 0 Å². The van der Waals surface area contributed by atoms with Gasteiger partial charge in [-0.1, -0.05) is 11.6 Å². The van der Waals surface area contributed by atoms with Crippen LogP contribution in [0.15, 0.2) is 9.85 Å². The molecular weight excluding hydrogens is 319 g/mol. The van der Waals surface area contributed by atoms with Crippen molar-refractivity contribution < 1.29 is 4.74 Å². The molecule has 3 unspecified atom stereocenters. The SMILES string of the molecule is CC1CC(C(Cl)c2cc(Cl)c(Br)s2)CO1. The third-order valence-electron chi connectivity index (χ3n) is 2.58. The monoisotopic (exact) mass is 328 g/mol. The smallest absolute Gasteiger partial charge is 0.0887 e. The van der Waals surface area contributed by atoms with E-state index in [4.69, 9.17) is 27.9 Å². The molecule has 15 heavy (non-hydrogen) atoms. The van der Waals surface area contributed by atoms with Crippen LogP contribution in [0.3, 0.4) is 0 Å². The maximum absolute atomic E-state index is 6.41. The molecule has 1 aliphatic heterocycles. The van der Waals surface area contributed by atoms with Crippen LogP contribution in [-0.2, 0) is 4.74 Å². The summed E-state index contributed by atoms with van der Waals surface area (Å²) in [6, 6.07) is 1.94. The fraction of sp³-hybridized carbons (Fsp3) is 0.600. The lowest BCUT2D eigenvalue weighted by molar-refractivity contribution is 0.120. The second-order valence-electron chi connectivity index (χ2n) is 3.81. The summed E-state index contributed by atoms with van der Waals surface area (Å²) in [4.78, 5) is 1.12. The van der Waals surface area contributed by atoms with Crippen molar-refractivity contribution in [1.82, 2.24) is 0 Å². The number of rotatable bonds is 2. The van der Waals surface area contributed by atoms with Crippen LogP contribution in [0.1, 0.15) is 23.6 Å². The van der Waals surface area contributed by atoms with Crippen LogP contribution in [0.4, 0.5) is 0 Å². The number of halogens is 3. The lowest BCUT2D eigenvalue weighted by Crippen LogP contribution is -2.06. The van der Waals surface area contributed by atoms with Gasteiger partial charge in [-0.2, -0.15) is 0 Å². The maximum atomic E-state index is 6.41. The third kappa shape index (κ3) is 2.70. The first-order chi connectivity index (χ1) is 7.08. The summed E-state index contributed by atoms with van der Waals surface area (Å²) in [7, 11) is 0. The molecule has 1 aromatic rings. The Morgan fingerprint density at radius 1 is 1.67 bits per heavy atom. The molecule has 0 radical (unpaired) electrons. The number of ether oxygens (including phenoxy) is 1. The van der Waals surface area contributed by atoms with Crippen molar-refractivity contribution in [2.75, 3.05) is 6.61 Å². The van der Waals surface area contributed by atoms with Crippen molar-refractivity contribution in [3.05, 3.63) is 19.8 Å². The van der Waals surface area contributed by atoms with E-state index in [1.165, 1.54) is 0 Å². The van der Waals surface area contributed by atoms with Gasteiger partial charge in [0, 0.05) is 10.8 Å². The minimum Gasteiger partial charge on any atom is -0.378 e. The van der Waals surface area contributed by atoms with Gasteiger partial charge in [-0.15, -0.1) is 22.9 Å². The molecule has 1 aliphatic rings.